The molecule has 2 fully saturated rings. The highest BCUT2D eigenvalue weighted by Gasteiger charge is 2.40. The number of amides is 2. The lowest BCUT2D eigenvalue weighted by atomic mass is 9.97. The molecule has 6 heteroatoms. The van der Waals surface area contributed by atoms with Gasteiger partial charge < -0.3 is 16.0 Å². The zero-order chi connectivity index (χ0) is 17.1. The maximum absolute atomic E-state index is 12.4. The molecule has 2 amide bonds. The predicted molar refractivity (Wildman–Crippen MR) is 91.4 cm³/mol. The largest absolute Gasteiger partial charge is 0.384 e. The Morgan fingerprint density at radius 1 is 1.17 bits per heavy atom. The van der Waals surface area contributed by atoms with Gasteiger partial charge in [0.15, 0.2) is 0 Å². The number of hydrogen-bond acceptors (Lipinski definition) is 3. The van der Waals surface area contributed by atoms with Gasteiger partial charge in [-0.1, -0.05) is 37.1 Å². The van der Waals surface area contributed by atoms with E-state index in [0.29, 0.717) is 18.7 Å². The number of nitrogens with zero attached hydrogens (tertiary/aromatic N) is 1. The van der Waals surface area contributed by atoms with Crippen molar-refractivity contribution >= 4 is 17.6 Å². The fourth-order valence-corrected chi connectivity index (χ4v) is 3.44. The molecule has 4 N–H and O–H groups in total. The van der Waals surface area contributed by atoms with E-state index < -0.39 is 0 Å². The van der Waals surface area contributed by atoms with Gasteiger partial charge in [0.05, 0.1) is 0 Å². The summed E-state index contributed by atoms with van der Waals surface area (Å²) in [6.07, 6.45) is 4.92. The summed E-state index contributed by atoms with van der Waals surface area (Å²) in [5, 5.41) is 10.3. The number of benzene rings is 1. The van der Waals surface area contributed by atoms with E-state index in [9.17, 15) is 9.59 Å². The zero-order valence-corrected chi connectivity index (χ0v) is 13.8. The van der Waals surface area contributed by atoms with Crippen molar-refractivity contribution in [3.05, 3.63) is 35.4 Å². The van der Waals surface area contributed by atoms with Crippen LogP contribution in [0.15, 0.2) is 24.3 Å². The highest BCUT2D eigenvalue weighted by molar-refractivity contribution is 5.95. The smallest absolute Gasteiger partial charge is 0.243 e. The Morgan fingerprint density at radius 2 is 1.83 bits per heavy atom. The van der Waals surface area contributed by atoms with Crippen molar-refractivity contribution in [2.24, 2.45) is 11.7 Å². The number of nitrogens with one attached hydrogen (secondary N) is 2. The number of likely N-dealkylation sites (tertiary alicyclic amines) is 1. The number of rotatable bonds is 5. The van der Waals surface area contributed by atoms with Crippen LogP contribution < -0.4 is 11.1 Å². The van der Waals surface area contributed by atoms with E-state index in [4.69, 9.17) is 11.1 Å². The fraction of sp³-hybridized carbons (Fsp3) is 0.500. The molecule has 24 heavy (non-hydrogen) atoms. The van der Waals surface area contributed by atoms with Crippen LogP contribution in [0.4, 0.5) is 0 Å². The first-order valence-corrected chi connectivity index (χ1v) is 8.58. The molecule has 3 rings (SSSR count). The van der Waals surface area contributed by atoms with E-state index in [-0.39, 0.29) is 29.6 Å². The van der Waals surface area contributed by atoms with Crippen LogP contribution in [0, 0.1) is 11.3 Å². The Morgan fingerprint density at radius 3 is 2.38 bits per heavy atom. The molecule has 0 bridgehead atoms. The molecule has 1 atom stereocenters. The van der Waals surface area contributed by atoms with E-state index in [1.807, 2.05) is 12.1 Å². The molecule has 1 heterocycles. The van der Waals surface area contributed by atoms with Gasteiger partial charge >= 0.3 is 0 Å². The quantitative estimate of drug-likeness (QED) is 0.562. The summed E-state index contributed by atoms with van der Waals surface area (Å²) in [7, 11) is 0. The minimum Gasteiger partial charge on any atom is -0.384 e. The topological polar surface area (TPSA) is 99.3 Å². The van der Waals surface area contributed by atoms with Gasteiger partial charge in [-0.2, -0.15) is 0 Å². The van der Waals surface area contributed by atoms with Gasteiger partial charge in [-0.05, 0) is 24.8 Å². The average molecular weight is 328 g/mol. The molecule has 128 valence electrons. The SMILES string of the molecule is N=C(N)c1ccc(CNC(=O)[C@@H]2CCN2C(=O)C2CCCC2)cc1. The van der Waals surface area contributed by atoms with Crippen LogP contribution in [0.1, 0.15) is 43.2 Å². The van der Waals surface area contributed by atoms with E-state index in [2.05, 4.69) is 5.32 Å². The molecular weight excluding hydrogens is 304 g/mol. The Bertz CT molecular complexity index is 635. The number of carbonyl (C=O) groups excluding carboxylic acids is 2. The molecule has 0 spiro atoms. The summed E-state index contributed by atoms with van der Waals surface area (Å²) in [5.74, 6) is 0.230. The lowest BCUT2D eigenvalue weighted by Gasteiger charge is -2.41. The molecule has 1 saturated heterocycles. The Balaban J connectivity index is 1.51. The summed E-state index contributed by atoms with van der Waals surface area (Å²) in [6.45, 7) is 1.11. The first kappa shape index (κ1) is 16.5. The minimum absolute atomic E-state index is 0.0288. The number of carbonyl (C=O) groups is 2. The molecule has 0 aromatic heterocycles. The lowest BCUT2D eigenvalue weighted by Crippen LogP contribution is -2.59. The van der Waals surface area contributed by atoms with Crippen molar-refractivity contribution in [2.45, 2.75) is 44.7 Å². The number of amidine groups is 1. The summed E-state index contributed by atoms with van der Waals surface area (Å²) in [6, 6.07) is 6.92. The van der Waals surface area contributed by atoms with Crippen LogP contribution in [0.5, 0.6) is 0 Å². The Kier molecular flexibility index (Phi) is 4.83. The molecule has 0 unspecified atom stereocenters. The third-order valence-electron chi connectivity index (χ3n) is 5.04. The van der Waals surface area contributed by atoms with Crippen LogP contribution in [0.3, 0.4) is 0 Å². The summed E-state index contributed by atoms with van der Waals surface area (Å²) in [5.41, 5.74) is 7.03. The van der Waals surface area contributed by atoms with Gasteiger partial charge in [0.1, 0.15) is 11.9 Å². The molecule has 1 saturated carbocycles. The maximum atomic E-state index is 12.4. The lowest BCUT2D eigenvalue weighted by molar-refractivity contribution is -0.150. The van der Waals surface area contributed by atoms with Gasteiger partial charge in [-0.15, -0.1) is 0 Å². The van der Waals surface area contributed by atoms with E-state index >= 15 is 0 Å². The van der Waals surface area contributed by atoms with Crippen LogP contribution in [0.2, 0.25) is 0 Å². The predicted octanol–water partition coefficient (Wildman–Crippen LogP) is 1.38. The van der Waals surface area contributed by atoms with Crippen LogP contribution in [-0.2, 0) is 16.1 Å². The van der Waals surface area contributed by atoms with Gasteiger partial charge in [-0.3, -0.25) is 15.0 Å². The van der Waals surface area contributed by atoms with Crippen LogP contribution in [-0.4, -0.2) is 35.1 Å². The van der Waals surface area contributed by atoms with Gasteiger partial charge in [0.2, 0.25) is 11.8 Å². The van der Waals surface area contributed by atoms with Crippen molar-refractivity contribution in [1.29, 1.82) is 5.41 Å². The maximum Gasteiger partial charge on any atom is 0.243 e. The van der Waals surface area contributed by atoms with Crippen LogP contribution in [0.25, 0.3) is 0 Å². The normalized spacial score (nSPS) is 20.5. The number of hydrogen-bond donors (Lipinski definition) is 3. The second-order valence-electron chi connectivity index (χ2n) is 6.65. The fourth-order valence-electron chi connectivity index (χ4n) is 3.44. The third-order valence-corrected chi connectivity index (χ3v) is 5.04. The Labute approximate surface area is 141 Å². The molecule has 2 aliphatic rings. The molecule has 1 aromatic carbocycles. The second kappa shape index (κ2) is 7.03. The minimum atomic E-state index is -0.311. The summed E-state index contributed by atoms with van der Waals surface area (Å²) >= 11 is 0. The van der Waals surface area contributed by atoms with Gasteiger partial charge in [0, 0.05) is 24.6 Å². The first-order chi connectivity index (χ1) is 11.6. The zero-order valence-electron chi connectivity index (χ0n) is 13.8. The molecule has 1 aliphatic carbocycles. The third kappa shape index (κ3) is 3.42. The average Bonchev–Trinajstić information content (AvgIpc) is 3.06. The number of nitrogen functional groups attached to an aromatic ring is 1. The molecular formula is C18H24N4O2. The van der Waals surface area contributed by atoms with Crippen LogP contribution >= 0.6 is 0 Å². The molecule has 0 radical (unpaired) electrons. The van der Waals surface area contributed by atoms with Crippen molar-refractivity contribution in [1.82, 2.24) is 10.2 Å². The van der Waals surface area contributed by atoms with Crippen molar-refractivity contribution in [3.8, 4) is 0 Å². The van der Waals surface area contributed by atoms with Gasteiger partial charge in [0.25, 0.3) is 0 Å². The first-order valence-electron chi connectivity index (χ1n) is 8.58. The van der Waals surface area contributed by atoms with E-state index in [1.165, 1.54) is 0 Å². The molecule has 6 nitrogen and oxygen atoms in total. The molecule has 1 aliphatic heterocycles. The molecule has 1 aromatic rings. The number of nitrogens with two attached hydrogens (primary N) is 1. The van der Waals surface area contributed by atoms with E-state index in [0.717, 1.165) is 37.7 Å². The second-order valence-corrected chi connectivity index (χ2v) is 6.65. The standard InChI is InChI=1S/C18H24N4O2/c19-16(20)13-7-5-12(6-8-13)11-21-17(23)15-9-10-22(15)18(24)14-3-1-2-4-14/h5-8,14-15H,1-4,9-11H2,(H3,19,20)(H,21,23)/t15-/m0/s1. The van der Waals surface area contributed by atoms with E-state index in [1.54, 1.807) is 17.0 Å². The highest BCUT2D eigenvalue weighted by Crippen LogP contribution is 2.30. The summed E-state index contributed by atoms with van der Waals surface area (Å²) < 4.78 is 0. The van der Waals surface area contributed by atoms with Gasteiger partial charge in [-0.25, -0.2) is 0 Å². The Hall–Kier alpha value is -2.37. The highest BCUT2D eigenvalue weighted by atomic mass is 16.2. The monoisotopic (exact) mass is 328 g/mol. The van der Waals surface area contributed by atoms with Crippen molar-refractivity contribution in [2.75, 3.05) is 6.54 Å². The van der Waals surface area contributed by atoms with Crippen molar-refractivity contribution < 1.29 is 9.59 Å². The van der Waals surface area contributed by atoms with Crippen molar-refractivity contribution in [3.63, 3.8) is 0 Å². The summed E-state index contributed by atoms with van der Waals surface area (Å²) in [4.78, 5) is 26.5.